The van der Waals surface area contributed by atoms with Crippen molar-refractivity contribution in [2.24, 2.45) is 0 Å². The van der Waals surface area contributed by atoms with Crippen molar-refractivity contribution in [2.75, 3.05) is 12.1 Å². The average Bonchev–Trinajstić information content (AvgIpc) is 1.93. The third-order valence-corrected chi connectivity index (χ3v) is 0.900. The van der Waals surface area contributed by atoms with Crippen LogP contribution in [0.4, 0.5) is 0 Å². The second kappa shape index (κ2) is 11.9. The maximum Gasteiger partial charge on any atom is 0.225 e. The first-order valence-electron chi connectivity index (χ1n) is 2.53. The molecule has 0 bridgehead atoms. The van der Waals surface area contributed by atoms with Gasteiger partial charge in [0, 0.05) is 12.8 Å². The molecule has 0 fully saturated rings. The van der Waals surface area contributed by atoms with Gasteiger partial charge in [-0.15, -0.1) is 11.6 Å². The Balaban J connectivity index is 0. The molecule has 1 N–H and O–H groups in total. The van der Waals surface area contributed by atoms with Gasteiger partial charge in [0.1, 0.15) is 0 Å². The summed E-state index contributed by atoms with van der Waals surface area (Å²) in [5.41, 5.74) is 1.20. The Morgan fingerprint density at radius 2 is 2.30 bits per heavy atom. The Labute approximate surface area is 76.7 Å². The van der Waals surface area contributed by atoms with E-state index in [0.717, 1.165) is 0 Å². The molecule has 2 nitrogen and oxygen atoms in total. The van der Waals surface area contributed by atoms with Crippen LogP contribution < -0.4 is 5.32 Å². The molecule has 0 aromatic carbocycles. The van der Waals surface area contributed by atoms with E-state index in [1.807, 2.05) is 0 Å². The molecule has 0 aliphatic heterocycles. The van der Waals surface area contributed by atoms with Gasteiger partial charge in [0.15, 0.2) is 0 Å². The summed E-state index contributed by atoms with van der Waals surface area (Å²) in [4.78, 5) is 10.4. The summed E-state index contributed by atoms with van der Waals surface area (Å²) in [6.45, 7) is 0. The maximum absolute atomic E-state index is 10.4. The van der Waals surface area contributed by atoms with E-state index in [4.69, 9.17) is 0 Å². The lowest BCUT2D eigenvalue weighted by Gasteiger charge is -1.91. The van der Waals surface area contributed by atoms with Gasteiger partial charge in [-0.05, 0) is 5.75 Å². The van der Waals surface area contributed by atoms with Crippen LogP contribution in [-0.4, -0.2) is 23.5 Å². The monoisotopic (exact) mass is 199 g/mol. The van der Waals surface area contributed by atoms with Gasteiger partial charge < -0.3 is 5.32 Å². The van der Waals surface area contributed by atoms with Crippen LogP contribution in [0.5, 0.6) is 0 Å². The fourth-order valence-electron chi connectivity index (χ4n) is 0.239. The van der Waals surface area contributed by atoms with Gasteiger partial charge in [-0.3, -0.25) is 4.79 Å². The topological polar surface area (TPSA) is 29.1 Å². The Bertz CT molecular complexity index is 99.6. The molecule has 0 spiro atoms. The minimum atomic E-state index is -0.0741. The molecule has 60 valence electrons. The van der Waals surface area contributed by atoms with Crippen LogP contribution in [0.2, 0.25) is 0 Å². The number of rotatable bonds is 3. The molecule has 0 aromatic heterocycles. The lowest BCUT2D eigenvalue weighted by Crippen LogP contribution is -2.20. The van der Waals surface area contributed by atoms with E-state index in [0.29, 0.717) is 12.2 Å². The van der Waals surface area contributed by atoms with Crippen LogP contribution in [0.3, 0.4) is 0 Å². The van der Waals surface area contributed by atoms with Crippen molar-refractivity contribution < 1.29 is 4.79 Å². The molecular weight excluding hydrogens is 190 g/mol. The van der Waals surface area contributed by atoms with Crippen molar-refractivity contribution >= 4 is 47.8 Å². The van der Waals surface area contributed by atoms with Crippen LogP contribution in [0.1, 0.15) is 6.42 Å². The molecule has 0 radical (unpaired) electrons. The van der Waals surface area contributed by atoms with E-state index in [9.17, 15) is 4.79 Å². The van der Waals surface area contributed by atoms with Crippen molar-refractivity contribution in [3.05, 3.63) is 0 Å². The highest BCUT2D eigenvalue weighted by Gasteiger charge is 1.92. The minimum Gasteiger partial charge on any atom is -0.323 e. The molecule has 0 aliphatic rings. The summed E-state index contributed by atoms with van der Waals surface area (Å²) in [5.74, 6) is 0.490. The third kappa shape index (κ3) is 11.1. The number of thiocarbonyl (C=S) groups is 1. The Kier molecular flexibility index (Phi) is 15.3. The molecule has 0 atom stereocenters. The molecular formula is C5H10ClNOS2. The van der Waals surface area contributed by atoms with Gasteiger partial charge >= 0.3 is 0 Å². The lowest BCUT2D eigenvalue weighted by atomic mass is 10.5. The van der Waals surface area contributed by atoms with E-state index >= 15 is 0 Å². The molecule has 0 heterocycles. The van der Waals surface area contributed by atoms with E-state index < -0.39 is 0 Å². The SMILES string of the molecule is CCl.O=C(CCS)NC=S. The number of hydrogen-bond acceptors (Lipinski definition) is 3. The first-order valence-corrected chi connectivity index (χ1v) is 4.39. The van der Waals surface area contributed by atoms with Crippen LogP contribution in [0, 0.1) is 0 Å². The summed E-state index contributed by atoms with van der Waals surface area (Å²) in [6, 6.07) is 0. The predicted octanol–water partition coefficient (Wildman–Crippen LogP) is 1.23. The number of amides is 1. The van der Waals surface area contributed by atoms with Gasteiger partial charge in [0.2, 0.25) is 5.91 Å². The minimum absolute atomic E-state index is 0.0741. The zero-order valence-electron chi connectivity index (χ0n) is 5.63. The van der Waals surface area contributed by atoms with Crippen molar-refractivity contribution in [1.29, 1.82) is 0 Å². The molecule has 0 aliphatic carbocycles. The molecule has 0 rings (SSSR count). The zero-order chi connectivity index (χ0) is 8.41. The van der Waals surface area contributed by atoms with Crippen LogP contribution >= 0.6 is 36.4 Å². The largest absolute Gasteiger partial charge is 0.323 e. The van der Waals surface area contributed by atoms with Gasteiger partial charge in [0.25, 0.3) is 0 Å². The van der Waals surface area contributed by atoms with Crippen LogP contribution in [0.25, 0.3) is 0 Å². The van der Waals surface area contributed by atoms with E-state index in [2.05, 4.69) is 41.8 Å². The lowest BCUT2D eigenvalue weighted by molar-refractivity contribution is -0.119. The van der Waals surface area contributed by atoms with Crippen molar-refractivity contribution in [3.63, 3.8) is 0 Å². The summed E-state index contributed by atoms with van der Waals surface area (Å²) >= 11 is 12.8. The standard InChI is InChI=1S/C4H7NOS2.CH3Cl/c6-4(1-2-7)5-3-8;1-2/h3,7H,1-2H2,(H,5,6,8);1H3. The highest BCUT2D eigenvalue weighted by Crippen LogP contribution is 1.80. The quantitative estimate of drug-likeness (QED) is 0.407. The number of thiol groups is 1. The van der Waals surface area contributed by atoms with Gasteiger partial charge in [-0.1, -0.05) is 12.2 Å². The normalized spacial score (nSPS) is 7.10. The van der Waals surface area contributed by atoms with Crippen molar-refractivity contribution in [2.45, 2.75) is 6.42 Å². The number of nitrogens with one attached hydrogen (secondary N) is 1. The molecule has 0 saturated heterocycles. The predicted molar refractivity (Wildman–Crippen MR) is 52.0 cm³/mol. The van der Waals surface area contributed by atoms with Gasteiger partial charge in [-0.25, -0.2) is 0 Å². The van der Waals surface area contributed by atoms with Crippen molar-refractivity contribution in [3.8, 4) is 0 Å². The number of carbonyl (C=O) groups is 1. The number of carbonyl (C=O) groups excluding carboxylic acids is 1. The van der Waals surface area contributed by atoms with Crippen LogP contribution in [0.15, 0.2) is 0 Å². The first-order chi connectivity index (χ1) is 4.81. The summed E-state index contributed by atoms with van der Waals surface area (Å²) < 4.78 is 0. The Morgan fingerprint density at radius 3 is 2.60 bits per heavy atom. The van der Waals surface area contributed by atoms with Gasteiger partial charge in [-0.2, -0.15) is 12.6 Å². The molecule has 0 aromatic rings. The molecule has 10 heavy (non-hydrogen) atoms. The number of alkyl halides is 1. The molecule has 0 unspecified atom stereocenters. The Morgan fingerprint density at radius 1 is 1.80 bits per heavy atom. The number of halogens is 1. The highest BCUT2D eigenvalue weighted by molar-refractivity contribution is 7.80. The van der Waals surface area contributed by atoms with E-state index in [-0.39, 0.29) is 5.91 Å². The van der Waals surface area contributed by atoms with E-state index in [1.165, 1.54) is 11.9 Å². The summed E-state index contributed by atoms with van der Waals surface area (Å²) in [5, 5.41) is 2.35. The van der Waals surface area contributed by atoms with E-state index in [1.54, 1.807) is 0 Å². The smallest absolute Gasteiger partial charge is 0.225 e. The molecule has 5 heteroatoms. The molecule has 0 saturated carbocycles. The molecule has 1 amide bonds. The average molecular weight is 200 g/mol. The van der Waals surface area contributed by atoms with Crippen molar-refractivity contribution in [1.82, 2.24) is 5.32 Å². The Hall–Kier alpha value is 0.200. The summed E-state index contributed by atoms with van der Waals surface area (Å²) in [7, 11) is 0. The second-order valence-electron chi connectivity index (χ2n) is 1.16. The fourth-order valence-corrected chi connectivity index (χ4v) is 0.574. The number of hydrogen-bond donors (Lipinski definition) is 2. The fraction of sp³-hybridized carbons (Fsp3) is 0.600. The zero-order valence-corrected chi connectivity index (χ0v) is 8.10. The van der Waals surface area contributed by atoms with Gasteiger partial charge in [0.05, 0.1) is 5.49 Å². The summed E-state index contributed by atoms with van der Waals surface area (Å²) in [6.07, 6.45) is 1.90. The first kappa shape index (κ1) is 12.8. The highest BCUT2D eigenvalue weighted by atomic mass is 35.5. The maximum atomic E-state index is 10.4. The third-order valence-electron chi connectivity index (χ3n) is 0.559. The van der Waals surface area contributed by atoms with Crippen LogP contribution in [-0.2, 0) is 4.79 Å². The second-order valence-corrected chi connectivity index (χ2v) is 1.84.